The highest BCUT2D eigenvalue weighted by Crippen LogP contribution is 2.15. The Morgan fingerprint density at radius 1 is 1.50 bits per heavy atom. The summed E-state index contributed by atoms with van der Waals surface area (Å²) in [6.07, 6.45) is 0.536. The molecule has 3 unspecified atom stereocenters. The maximum Gasteiger partial charge on any atom is 0.308 e. The minimum absolute atomic E-state index is 0.0219. The van der Waals surface area contributed by atoms with Gasteiger partial charge >= 0.3 is 5.97 Å². The Bertz CT molecular complexity index is 268. The normalized spacial score (nSPS) is 26.4. The number of carboxylic acid groups (broad SMARTS) is 1. The van der Waals surface area contributed by atoms with Gasteiger partial charge in [0.1, 0.15) is 0 Å². The predicted octanol–water partition coefficient (Wildman–Crippen LogP) is 0.0689. The molecular weight excluding hydrogens is 208 g/mol. The lowest BCUT2D eigenvalue weighted by Gasteiger charge is -2.16. The summed E-state index contributed by atoms with van der Waals surface area (Å²) in [5.41, 5.74) is 0. The Hall–Kier alpha value is -1.10. The molecule has 0 radical (unpaired) electrons. The zero-order valence-corrected chi connectivity index (χ0v) is 9.82. The third kappa shape index (κ3) is 3.20. The molecule has 5 nitrogen and oxygen atoms in total. The number of carboxylic acids is 1. The molecule has 1 heterocycles. The van der Waals surface area contributed by atoms with Crippen LogP contribution in [0.25, 0.3) is 0 Å². The minimum atomic E-state index is -0.847. The predicted molar refractivity (Wildman–Crippen MR) is 60.0 cm³/mol. The van der Waals surface area contributed by atoms with E-state index in [0.29, 0.717) is 18.9 Å². The van der Waals surface area contributed by atoms with Gasteiger partial charge in [-0.25, -0.2) is 0 Å². The van der Waals surface area contributed by atoms with Crippen molar-refractivity contribution in [1.29, 1.82) is 0 Å². The average molecular weight is 228 g/mol. The van der Waals surface area contributed by atoms with Crippen LogP contribution in [0.3, 0.4) is 0 Å². The van der Waals surface area contributed by atoms with Gasteiger partial charge in [0.25, 0.3) is 0 Å². The summed E-state index contributed by atoms with van der Waals surface area (Å²) in [6, 6.07) is 0. The fourth-order valence-corrected chi connectivity index (χ4v) is 1.92. The van der Waals surface area contributed by atoms with Crippen LogP contribution in [0.5, 0.6) is 0 Å². The third-order valence-electron chi connectivity index (χ3n) is 3.22. The van der Waals surface area contributed by atoms with E-state index in [1.54, 1.807) is 0 Å². The number of carbonyl (C=O) groups excluding carboxylic acids is 1. The van der Waals surface area contributed by atoms with Crippen LogP contribution in [-0.4, -0.2) is 36.6 Å². The molecule has 0 bridgehead atoms. The molecule has 1 amide bonds. The molecule has 1 aliphatic rings. The topological polar surface area (TPSA) is 78.4 Å². The molecule has 0 aromatic rings. The Morgan fingerprint density at radius 3 is 2.62 bits per heavy atom. The van der Waals surface area contributed by atoms with Gasteiger partial charge in [-0.1, -0.05) is 13.8 Å². The molecule has 1 aliphatic heterocycles. The van der Waals surface area contributed by atoms with Gasteiger partial charge in [0.2, 0.25) is 5.91 Å². The van der Waals surface area contributed by atoms with Crippen molar-refractivity contribution < 1.29 is 14.7 Å². The molecule has 1 saturated heterocycles. The molecule has 0 aromatic carbocycles. The van der Waals surface area contributed by atoms with Crippen molar-refractivity contribution >= 4 is 11.9 Å². The molecule has 3 atom stereocenters. The molecule has 16 heavy (non-hydrogen) atoms. The minimum Gasteiger partial charge on any atom is -0.481 e. The second-order valence-electron chi connectivity index (χ2n) is 4.43. The van der Waals surface area contributed by atoms with Crippen LogP contribution >= 0.6 is 0 Å². The van der Waals surface area contributed by atoms with Crippen molar-refractivity contribution in [3.05, 3.63) is 0 Å². The van der Waals surface area contributed by atoms with Crippen LogP contribution < -0.4 is 10.6 Å². The number of hydrogen-bond acceptors (Lipinski definition) is 3. The van der Waals surface area contributed by atoms with Crippen LogP contribution in [0, 0.1) is 17.8 Å². The van der Waals surface area contributed by atoms with Crippen molar-refractivity contribution in [2.75, 3.05) is 19.6 Å². The van der Waals surface area contributed by atoms with E-state index in [9.17, 15) is 9.59 Å². The van der Waals surface area contributed by atoms with E-state index < -0.39 is 11.9 Å². The second kappa shape index (κ2) is 5.84. The van der Waals surface area contributed by atoms with Crippen molar-refractivity contribution in [1.82, 2.24) is 10.6 Å². The van der Waals surface area contributed by atoms with E-state index in [1.165, 1.54) is 0 Å². The molecule has 1 fully saturated rings. The maximum atomic E-state index is 11.8. The zero-order chi connectivity index (χ0) is 12.1. The Kier molecular flexibility index (Phi) is 4.73. The van der Waals surface area contributed by atoms with Gasteiger partial charge in [-0.3, -0.25) is 9.59 Å². The van der Waals surface area contributed by atoms with E-state index in [-0.39, 0.29) is 18.4 Å². The summed E-state index contributed by atoms with van der Waals surface area (Å²) in [5.74, 6) is -1.05. The van der Waals surface area contributed by atoms with E-state index in [1.807, 2.05) is 13.8 Å². The summed E-state index contributed by atoms with van der Waals surface area (Å²) in [5, 5.41) is 14.7. The molecular formula is C11H20N2O3. The summed E-state index contributed by atoms with van der Waals surface area (Å²) in [6.45, 7) is 5.61. The lowest BCUT2D eigenvalue weighted by molar-refractivity contribution is -0.141. The third-order valence-corrected chi connectivity index (χ3v) is 3.22. The van der Waals surface area contributed by atoms with Crippen LogP contribution in [0.15, 0.2) is 0 Å². The highest BCUT2D eigenvalue weighted by molar-refractivity contribution is 5.80. The Labute approximate surface area is 95.6 Å². The number of nitrogens with one attached hydrogen (secondary N) is 2. The van der Waals surface area contributed by atoms with Crippen molar-refractivity contribution in [2.45, 2.75) is 20.3 Å². The lowest BCUT2D eigenvalue weighted by Crippen LogP contribution is -2.38. The lowest BCUT2D eigenvalue weighted by atomic mass is 9.97. The van der Waals surface area contributed by atoms with Crippen molar-refractivity contribution in [3.8, 4) is 0 Å². The number of hydrogen-bond donors (Lipinski definition) is 3. The molecule has 5 heteroatoms. The molecule has 92 valence electrons. The smallest absolute Gasteiger partial charge is 0.308 e. The molecule has 3 N–H and O–H groups in total. The van der Waals surface area contributed by atoms with Gasteiger partial charge < -0.3 is 15.7 Å². The quantitative estimate of drug-likeness (QED) is 0.622. The SMILES string of the molecule is CCC(CNC(=O)C1CNCC1C)C(=O)O. The molecule has 0 spiro atoms. The monoisotopic (exact) mass is 228 g/mol. The first-order valence-electron chi connectivity index (χ1n) is 5.77. The molecule has 0 aromatic heterocycles. The van der Waals surface area contributed by atoms with Gasteiger partial charge in [-0.2, -0.15) is 0 Å². The molecule has 0 aliphatic carbocycles. The first kappa shape index (κ1) is 13.0. The van der Waals surface area contributed by atoms with Crippen LogP contribution in [0.2, 0.25) is 0 Å². The van der Waals surface area contributed by atoms with Gasteiger partial charge in [0, 0.05) is 13.1 Å². The maximum absolute atomic E-state index is 11.8. The van der Waals surface area contributed by atoms with Gasteiger partial charge in [-0.15, -0.1) is 0 Å². The van der Waals surface area contributed by atoms with Gasteiger partial charge in [-0.05, 0) is 18.9 Å². The van der Waals surface area contributed by atoms with E-state index >= 15 is 0 Å². The van der Waals surface area contributed by atoms with Gasteiger partial charge in [0.15, 0.2) is 0 Å². The summed E-state index contributed by atoms with van der Waals surface area (Å²) in [4.78, 5) is 22.5. The van der Waals surface area contributed by atoms with E-state index in [2.05, 4.69) is 10.6 Å². The number of rotatable bonds is 5. The summed E-state index contributed by atoms with van der Waals surface area (Å²) in [7, 11) is 0. The van der Waals surface area contributed by atoms with Crippen molar-refractivity contribution in [3.63, 3.8) is 0 Å². The van der Waals surface area contributed by atoms with E-state index in [0.717, 1.165) is 6.54 Å². The van der Waals surface area contributed by atoms with Gasteiger partial charge in [0.05, 0.1) is 11.8 Å². The molecule has 0 saturated carbocycles. The number of aliphatic carboxylic acids is 1. The standard InChI is InChI=1S/C11H20N2O3/c1-3-8(11(15)16)5-13-10(14)9-6-12-4-7(9)2/h7-9,12H,3-6H2,1-2H3,(H,13,14)(H,15,16). The van der Waals surface area contributed by atoms with Crippen LogP contribution in [0.4, 0.5) is 0 Å². The first-order chi connectivity index (χ1) is 7.56. The Morgan fingerprint density at radius 2 is 2.19 bits per heavy atom. The Balaban J connectivity index is 2.37. The zero-order valence-electron chi connectivity index (χ0n) is 9.82. The highest BCUT2D eigenvalue weighted by Gasteiger charge is 2.29. The fourth-order valence-electron chi connectivity index (χ4n) is 1.92. The van der Waals surface area contributed by atoms with Crippen LogP contribution in [0.1, 0.15) is 20.3 Å². The molecule has 1 rings (SSSR count). The summed E-state index contributed by atoms with van der Waals surface area (Å²) >= 11 is 0. The van der Waals surface area contributed by atoms with E-state index in [4.69, 9.17) is 5.11 Å². The number of amides is 1. The number of carbonyl (C=O) groups is 2. The largest absolute Gasteiger partial charge is 0.481 e. The average Bonchev–Trinajstić information content (AvgIpc) is 2.64. The second-order valence-corrected chi connectivity index (χ2v) is 4.43. The van der Waals surface area contributed by atoms with Crippen molar-refractivity contribution in [2.24, 2.45) is 17.8 Å². The summed E-state index contributed by atoms with van der Waals surface area (Å²) < 4.78 is 0. The fraction of sp³-hybridized carbons (Fsp3) is 0.818. The highest BCUT2D eigenvalue weighted by atomic mass is 16.4. The van der Waals surface area contributed by atoms with Crippen LogP contribution in [-0.2, 0) is 9.59 Å². The first-order valence-corrected chi connectivity index (χ1v) is 5.77.